The molecule has 0 unspecified atom stereocenters. The van der Waals surface area contributed by atoms with E-state index in [4.69, 9.17) is 4.74 Å². The number of hydrogen-bond donors (Lipinski definition) is 1. The van der Waals surface area contributed by atoms with Crippen LogP contribution in [0.25, 0.3) is 0 Å². The third kappa shape index (κ3) is 5.75. The van der Waals surface area contributed by atoms with Gasteiger partial charge >= 0.3 is 5.97 Å². The second-order valence-electron chi connectivity index (χ2n) is 5.18. The van der Waals surface area contributed by atoms with Crippen molar-refractivity contribution < 1.29 is 22.3 Å². The summed E-state index contributed by atoms with van der Waals surface area (Å²) in [5, 5.41) is 0. The molecule has 0 atom stereocenters. The molecule has 24 heavy (non-hydrogen) atoms. The predicted octanol–water partition coefficient (Wildman–Crippen LogP) is 2.41. The summed E-state index contributed by atoms with van der Waals surface area (Å²) in [5.41, 5.74) is 1.44. The van der Waals surface area contributed by atoms with Gasteiger partial charge in [-0.15, -0.1) is 0 Å². The van der Waals surface area contributed by atoms with Crippen LogP contribution in [0.2, 0.25) is 0 Å². The van der Waals surface area contributed by atoms with Crippen LogP contribution in [0.1, 0.15) is 18.1 Å². The van der Waals surface area contributed by atoms with Crippen LogP contribution in [0.5, 0.6) is 5.75 Å². The molecule has 0 aromatic heterocycles. The lowest BCUT2D eigenvalue weighted by Gasteiger charge is -2.08. The molecule has 0 aliphatic heterocycles. The molecule has 0 aliphatic rings. The molecular weight excluding hydrogens is 333 g/mol. The molecule has 0 amide bonds. The monoisotopic (exact) mass is 351 g/mol. The standard InChI is InChI=1S/C17H18FNO4S/c1-2-13-4-3-5-16(10-13)23-17(20)11-19-24(21,22)12-14-6-8-15(18)9-7-14/h3-10,19H,2,11-12H2,1H3. The van der Waals surface area contributed by atoms with Gasteiger partial charge in [-0.3, -0.25) is 4.79 Å². The number of esters is 1. The van der Waals surface area contributed by atoms with Gasteiger partial charge in [0, 0.05) is 0 Å². The largest absolute Gasteiger partial charge is 0.426 e. The zero-order valence-corrected chi connectivity index (χ0v) is 14.0. The highest BCUT2D eigenvalue weighted by Gasteiger charge is 2.14. The normalized spacial score (nSPS) is 11.2. The van der Waals surface area contributed by atoms with Crippen LogP contribution in [0, 0.1) is 5.82 Å². The molecule has 0 saturated heterocycles. The lowest BCUT2D eigenvalue weighted by atomic mass is 10.2. The minimum Gasteiger partial charge on any atom is -0.426 e. The molecule has 2 aromatic rings. The molecule has 0 bridgehead atoms. The summed E-state index contributed by atoms with van der Waals surface area (Å²) >= 11 is 0. The number of aryl methyl sites for hydroxylation is 1. The van der Waals surface area contributed by atoms with Gasteiger partial charge in [-0.2, -0.15) is 0 Å². The van der Waals surface area contributed by atoms with Gasteiger partial charge in [0.05, 0.1) is 5.75 Å². The van der Waals surface area contributed by atoms with Crippen molar-refractivity contribution in [3.8, 4) is 5.75 Å². The van der Waals surface area contributed by atoms with E-state index in [1.165, 1.54) is 24.3 Å². The number of hydrogen-bond acceptors (Lipinski definition) is 4. The van der Waals surface area contributed by atoms with Crippen LogP contribution >= 0.6 is 0 Å². The topological polar surface area (TPSA) is 72.5 Å². The van der Waals surface area contributed by atoms with E-state index in [9.17, 15) is 17.6 Å². The van der Waals surface area contributed by atoms with E-state index >= 15 is 0 Å². The van der Waals surface area contributed by atoms with E-state index in [0.717, 1.165) is 12.0 Å². The van der Waals surface area contributed by atoms with Crippen molar-refractivity contribution >= 4 is 16.0 Å². The van der Waals surface area contributed by atoms with Crippen LogP contribution in [0.3, 0.4) is 0 Å². The number of halogens is 1. The summed E-state index contributed by atoms with van der Waals surface area (Å²) in [4.78, 5) is 11.8. The minimum absolute atomic E-state index is 0.341. The van der Waals surface area contributed by atoms with Gasteiger partial charge in [0.2, 0.25) is 10.0 Å². The molecule has 2 rings (SSSR count). The van der Waals surface area contributed by atoms with Crippen LogP contribution in [0.15, 0.2) is 48.5 Å². The lowest BCUT2D eigenvalue weighted by molar-refractivity contribution is -0.133. The highest BCUT2D eigenvalue weighted by Crippen LogP contribution is 2.14. The molecule has 7 heteroatoms. The van der Waals surface area contributed by atoms with E-state index < -0.39 is 28.4 Å². The predicted molar refractivity (Wildman–Crippen MR) is 88.5 cm³/mol. The molecular formula is C17H18FNO4S. The van der Waals surface area contributed by atoms with Crippen molar-refractivity contribution in [2.75, 3.05) is 6.54 Å². The van der Waals surface area contributed by atoms with E-state index in [0.29, 0.717) is 11.3 Å². The highest BCUT2D eigenvalue weighted by molar-refractivity contribution is 7.88. The van der Waals surface area contributed by atoms with Gasteiger partial charge in [-0.05, 0) is 41.8 Å². The third-order valence-electron chi connectivity index (χ3n) is 3.24. The Bertz CT molecular complexity index is 804. The summed E-state index contributed by atoms with van der Waals surface area (Å²) < 4.78 is 43.9. The van der Waals surface area contributed by atoms with Gasteiger partial charge in [-0.25, -0.2) is 17.5 Å². The van der Waals surface area contributed by atoms with Crippen LogP contribution in [-0.4, -0.2) is 20.9 Å². The Morgan fingerprint density at radius 2 is 1.83 bits per heavy atom. The zero-order valence-electron chi connectivity index (χ0n) is 13.2. The van der Waals surface area contributed by atoms with Crippen molar-refractivity contribution in [1.29, 1.82) is 0 Å². The Morgan fingerprint density at radius 3 is 2.50 bits per heavy atom. The molecule has 5 nitrogen and oxygen atoms in total. The molecule has 0 fully saturated rings. The van der Waals surface area contributed by atoms with Crippen molar-refractivity contribution in [2.45, 2.75) is 19.1 Å². The minimum atomic E-state index is -3.72. The summed E-state index contributed by atoms with van der Waals surface area (Å²) in [5.74, 6) is -1.11. The van der Waals surface area contributed by atoms with Crippen molar-refractivity contribution in [1.82, 2.24) is 4.72 Å². The lowest BCUT2D eigenvalue weighted by Crippen LogP contribution is -2.32. The molecule has 0 spiro atoms. The number of ether oxygens (including phenoxy) is 1. The van der Waals surface area contributed by atoms with Crippen LogP contribution in [0.4, 0.5) is 4.39 Å². The van der Waals surface area contributed by atoms with Gasteiger partial charge in [-0.1, -0.05) is 31.2 Å². The Morgan fingerprint density at radius 1 is 1.12 bits per heavy atom. The maximum Gasteiger partial charge on any atom is 0.326 e. The number of rotatable bonds is 7. The molecule has 0 radical (unpaired) electrons. The van der Waals surface area contributed by atoms with E-state index in [2.05, 4.69) is 4.72 Å². The average molecular weight is 351 g/mol. The SMILES string of the molecule is CCc1cccc(OC(=O)CNS(=O)(=O)Cc2ccc(F)cc2)c1. The van der Waals surface area contributed by atoms with E-state index in [1.54, 1.807) is 18.2 Å². The highest BCUT2D eigenvalue weighted by atomic mass is 32.2. The smallest absolute Gasteiger partial charge is 0.326 e. The first kappa shape index (κ1) is 18.1. The van der Waals surface area contributed by atoms with Crippen molar-refractivity contribution in [2.24, 2.45) is 0 Å². The zero-order chi connectivity index (χ0) is 17.6. The fraction of sp³-hybridized carbons (Fsp3) is 0.235. The summed E-state index contributed by atoms with van der Waals surface area (Å²) in [7, 11) is -3.72. The first-order valence-electron chi connectivity index (χ1n) is 7.39. The first-order valence-corrected chi connectivity index (χ1v) is 9.04. The second kappa shape index (κ2) is 8.03. The average Bonchev–Trinajstić information content (AvgIpc) is 2.55. The summed E-state index contributed by atoms with van der Waals surface area (Å²) in [6.07, 6.45) is 0.801. The molecule has 1 N–H and O–H groups in total. The van der Waals surface area contributed by atoms with Crippen molar-refractivity contribution in [3.05, 3.63) is 65.5 Å². The van der Waals surface area contributed by atoms with Crippen LogP contribution in [-0.2, 0) is 27.0 Å². The summed E-state index contributed by atoms with van der Waals surface area (Å²) in [6, 6.07) is 12.1. The number of sulfonamides is 1. The van der Waals surface area contributed by atoms with E-state index in [1.807, 2.05) is 13.0 Å². The Labute approximate surface area is 140 Å². The first-order chi connectivity index (χ1) is 11.4. The second-order valence-corrected chi connectivity index (χ2v) is 6.99. The molecule has 0 heterocycles. The quantitative estimate of drug-likeness (QED) is 0.614. The van der Waals surface area contributed by atoms with Crippen molar-refractivity contribution in [3.63, 3.8) is 0 Å². The molecule has 2 aromatic carbocycles. The van der Waals surface area contributed by atoms with Gasteiger partial charge in [0.1, 0.15) is 18.1 Å². The Balaban J connectivity index is 1.88. The number of benzene rings is 2. The van der Waals surface area contributed by atoms with E-state index in [-0.39, 0.29) is 5.75 Å². The Hall–Kier alpha value is -2.25. The van der Waals surface area contributed by atoms with Crippen LogP contribution < -0.4 is 9.46 Å². The number of nitrogens with one attached hydrogen (secondary N) is 1. The van der Waals surface area contributed by atoms with Gasteiger partial charge < -0.3 is 4.74 Å². The fourth-order valence-corrected chi connectivity index (χ4v) is 3.09. The summed E-state index contributed by atoms with van der Waals surface area (Å²) in [6.45, 7) is 1.50. The maximum atomic E-state index is 12.8. The van der Waals surface area contributed by atoms with Gasteiger partial charge in [0.15, 0.2) is 0 Å². The number of carbonyl (C=O) groups is 1. The number of carbonyl (C=O) groups excluding carboxylic acids is 1. The third-order valence-corrected chi connectivity index (χ3v) is 4.54. The molecule has 0 aliphatic carbocycles. The fourth-order valence-electron chi connectivity index (χ4n) is 2.02. The molecule has 128 valence electrons. The van der Waals surface area contributed by atoms with Gasteiger partial charge in [0.25, 0.3) is 0 Å². The maximum absolute atomic E-state index is 12.8. The molecule has 0 saturated carbocycles. The Kier molecular flexibility index (Phi) is 6.05.